The predicted molar refractivity (Wildman–Crippen MR) is 101 cm³/mol. The van der Waals surface area contributed by atoms with Gasteiger partial charge >= 0.3 is 11.9 Å². The molecule has 1 fully saturated rings. The zero-order valence-corrected chi connectivity index (χ0v) is 16.3. The van der Waals surface area contributed by atoms with E-state index < -0.39 is 29.7 Å². The van der Waals surface area contributed by atoms with Gasteiger partial charge in [0.2, 0.25) is 0 Å². The summed E-state index contributed by atoms with van der Waals surface area (Å²) in [5.74, 6) is -1.70. The molecule has 1 rings (SSSR count). The van der Waals surface area contributed by atoms with Crippen molar-refractivity contribution in [1.29, 1.82) is 0 Å². The Bertz CT molecular complexity index is 480. The second-order valence-corrected chi connectivity index (χ2v) is 6.41. The number of hydrogen-bond acceptors (Lipinski definition) is 8. The minimum Gasteiger partial charge on any atom is -0.459 e. The fourth-order valence-corrected chi connectivity index (χ4v) is 2.69. The van der Waals surface area contributed by atoms with Gasteiger partial charge in [-0.05, 0) is 13.3 Å². The number of nitrogens with two attached hydrogens (primary N) is 1. The Morgan fingerprint density at radius 3 is 2.33 bits per heavy atom. The number of carbonyl (C=O) groups excluding carboxylic acids is 2. The van der Waals surface area contributed by atoms with Gasteiger partial charge in [-0.2, -0.15) is 0 Å². The zero-order chi connectivity index (χ0) is 20.3. The topological polar surface area (TPSA) is 109 Å². The van der Waals surface area contributed by atoms with Gasteiger partial charge in [0.1, 0.15) is 13.2 Å². The van der Waals surface area contributed by atoms with Crippen molar-refractivity contribution < 1.29 is 28.5 Å². The van der Waals surface area contributed by atoms with Gasteiger partial charge in [-0.25, -0.2) is 9.59 Å². The third kappa shape index (κ3) is 6.73. The molecule has 3 atom stereocenters. The molecule has 0 spiro atoms. The van der Waals surface area contributed by atoms with Gasteiger partial charge in [-0.15, -0.1) is 0 Å². The Labute approximate surface area is 161 Å². The number of hydrogen-bond donors (Lipinski definition) is 2. The first-order chi connectivity index (χ1) is 12.9. The molecule has 0 amide bonds. The minimum atomic E-state index is -1.98. The molecule has 8 nitrogen and oxygen atoms in total. The fraction of sp³-hybridized carbons (Fsp3) is 0.684. The summed E-state index contributed by atoms with van der Waals surface area (Å²) >= 11 is 0. The molecular weight excluding hydrogens is 352 g/mol. The summed E-state index contributed by atoms with van der Waals surface area (Å²) in [5.41, 5.74) is 4.08. The summed E-state index contributed by atoms with van der Waals surface area (Å²) in [4.78, 5) is 25.7. The lowest BCUT2D eigenvalue weighted by Crippen LogP contribution is -2.58. The first-order valence-electron chi connectivity index (χ1n) is 9.23. The highest BCUT2D eigenvalue weighted by Crippen LogP contribution is 2.27. The third-order valence-corrected chi connectivity index (χ3v) is 4.26. The van der Waals surface area contributed by atoms with Gasteiger partial charge < -0.3 is 30.0 Å². The number of nitrogens with one attached hydrogen (secondary N) is 1. The molecule has 0 radical (unpaired) electrons. The molecule has 1 heterocycles. The first kappa shape index (κ1) is 23.3. The largest absolute Gasteiger partial charge is 0.459 e. The summed E-state index contributed by atoms with van der Waals surface area (Å²) in [7, 11) is 0. The molecule has 0 aromatic rings. The Hall–Kier alpha value is -1.74. The van der Waals surface area contributed by atoms with E-state index in [9.17, 15) is 9.59 Å². The van der Waals surface area contributed by atoms with Crippen molar-refractivity contribution in [3.63, 3.8) is 0 Å². The Morgan fingerprint density at radius 2 is 1.89 bits per heavy atom. The van der Waals surface area contributed by atoms with E-state index in [1.165, 1.54) is 12.2 Å². The minimum absolute atomic E-state index is 0.0596. The van der Waals surface area contributed by atoms with Crippen molar-refractivity contribution in [2.45, 2.75) is 50.5 Å². The van der Waals surface area contributed by atoms with Crippen LogP contribution in [-0.4, -0.2) is 68.7 Å². The van der Waals surface area contributed by atoms with E-state index in [-0.39, 0.29) is 25.7 Å². The van der Waals surface area contributed by atoms with E-state index in [2.05, 4.69) is 18.5 Å². The van der Waals surface area contributed by atoms with Crippen LogP contribution < -0.4 is 11.1 Å². The summed E-state index contributed by atoms with van der Waals surface area (Å²) in [6, 6.07) is -0.463. The number of morpholine rings is 1. The van der Waals surface area contributed by atoms with Crippen LogP contribution in [0.1, 0.15) is 26.7 Å². The van der Waals surface area contributed by atoms with E-state index in [4.69, 9.17) is 24.7 Å². The molecule has 154 valence electrons. The molecule has 1 saturated heterocycles. The van der Waals surface area contributed by atoms with Crippen LogP contribution in [0.4, 0.5) is 0 Å². The molecule has 0 saturated carbocycles. The van der Waals surface area contributed by atoms with E-state index in [0.29, 0.717) is 19.6 Å². The number of esters is 2. The van der Waals surface area contributed by atoms with Crippen LogP contribution in [0.2, 0.25) is 0 Å². The molecule has 3 unspecified atom stereocenters. The Kier molecular flexibility index (Phi) is 10.2. The lowest BCUT2D eigenvalue weighted by Gasteiger charge is -2.37. The van der Waals surface area contributed by atoms with Crippen LogP contribution in [0.3, 0.4) is 0 Å². The predicted octanol–water partition coefficient (Wildman–Crippen LogP) is 0.705. The monoisotopic (exact) mass is 384 g/mol. The fourth-order valence-electron chi connectivity index (χ4n) is 2.69. The van der Waals surface area contributed by atoms with Crippen molar-refractivity contribution in [3.05, 3.63) is 25.3 Å². The zero-order valence-electron chi connectivity index (χ0n) is 16.3. The molecule has 0 aromatic heterocycles. The van der Waals surface area contributed by atoms with Crippen LogP contribution in [0.5, 0.6) is 0 Å². The normalized spacial score (nSPS) is 19.6. The molecule has 3 N–H and O–H groups in total. The SMILES string of the molecule is C=CCOC(=O)C(CC(N)CC)(OC(C)C1CNCCO1)C(=O)OCC=C. The number of carbonyl (C=O) groups is 2. The molecule has 27 heavy (non-hydrogen) atoms. The van der Waals surface area contributed by atoms with Gasteiger partial charge in [0.15, 0.2) is 0 Å². The smallest absolute Gasteiger partial charge is 0.350 e. The standard InChI is InChI=1S/C19H32N2O6/c1-5-9-25-17(22)19(12-15(20)7-3,18(23)26-10-6-2)27-14(4)16-13-21-8-11-24-16/h5-6,14-16,21H,1-2,7-13,20H2,3-4H3. The van der Waals surface area contributed by atoms with E-state index in [1.807, 2.05) is 6.92 Å². The van der Waals surface area contributed by atoms with Crippen LogP contribution in [0, 0.1) is 0 Å². The van der Waals surface area contributed by atoms with Crippen molar-refractivity contribution >= 4 is 11.9 Å². The van der Waals surface area contributed by atoms with Gasteiger partial charge in [-0.1, -0.05) is 32.2 Å². The third-order valence-electron chi connectivity index (χ3n) is 4.26. The van der Waals surface area contributed by atoms with E-state index in [1.54, 1.807) is 6.92 Å². The summed E-state index contributed by atoms with van der Waals surface area (Å²) in [6.07, 6.45) is 2.40. The van der Waals surface area contributed by atoms with Gasteiger partial charge in [0.05, 0.1) is 18.8 Å². The summed E-state index contributed by atoms with van der Waals surface area (Å²) < 4.78 is 22.0. The molecule has 1 aliphatic heterocycles. The molecule has 0 aliphatic carbocycles. The molecular formula is C19H32N2O6. The Morgan fingerprint density at radius 1 is 1.30 bits per heavy atom. The maximum absolute atomic E-state index is 12.9. The second-order valence-electron chi connectivity index (χ2n) is 6.41. The quantitative estimate of drug-likeness (QED) is 0.288. The van der Waals surface area contributed by atoms with Crippen molar-refractivity contribution in [3.8, 4) is 0 Å². The molecule has 0 bridgehead atoms. The van der Waals surface area contributed by atoms with Crippen LogP contribution in [0.15, 0.2) is 25.3 Å². The summed E-state index contributed by atoms with van der Waals surface area (Å²) in [6.45, 7) is 12.3. The van der Waals surface area contributed by atoms with E-state index in [0.717, 1.165) is 6.54 Å². The lowest BCUT2D eigenvalue weighted by molar-refractivity contribution is -0.207. The van der Waals surface area contributed by atoms with Gasteiger partial charge in [0, 0.05) is 25.6 Å². The van der Waals surface area contributed by atoms with Crippen molar-refractivity contribution in [1.82, 2.24) is 5.32 Å². The lowest BCUT2D eigenvalue weighted by atomic mass is 9.92. The highest BCUT2D eigenvalue weighted by Gasteiger charge is 2.53. The maximum Gasteiger partial charge on any atom is 0.350 e. The number of rotatable bonds is 12. The van der Waals surface area contributed by atoms with Crippen LogP contribution in [-0.2, 0) is 28.5 Å². The van der Waals surface area contributed by atoms with Crippen LogP contribution in [0.25, 0.3) is 0 Å². The first-order valence-corrected chi connectivity index (χ1v) is 9.23. The molecule has 8 heteroatoms. The van der Waals surface area contributed by atoms with Crippen molar-refractivity contribution in [2.75, 3.05) is 32.9 Å². The average Bonchev–Trinajstić information content (AvgIpc) is 2.69. The highest BCUT2D eigenvalue weighted by molar-refractivity contribution is 6.03. The van der Waals surface area contributed by atoms with Crippen molar-refractivity contribution in [2.24, 2.45) is 5.73 Å². The maximum atomic E-state index is 12.9. The van der Waals surface area contributed by atoms with Gasteiger partial charge in [0.25, 0.3) is 5.60 Å². The molecule has 0 aromatic carbocycles. The second kappa shape index (κ2) is 11.9. The van der Waals surface area contributed by atoms with Crippen LogP contribution >= 0.6 is 0 Å². The highest BCUT2D eigenvalue weighted by atomic mass is 16.6. The Balaban J connectivity index is 3.15. The number of ether oxygens (including phenoxy) is 4. The molecule has 1 aliphatic rings. The van der Waals surface area contributed by atoms with E-state index >= 15 is 0 Å². The summed E-state index contributed by atoms with van der Waals surface area (Å²) in [5, 5.41) is 3.19. The van der Waals surface area contributed by atoms with Gasteiger partial charge in [-0.3, -0.25) is 0 Å². The average molecular weight is 384 g/mol.